The van der Waals surface area contributed by atoms with Gasteiger partial charge in [0.2, 0.25) is 0 Å². The maximum atomic E-state index is 12.3. The summed E-state index contributed by atoms with van der Waals surface area (Å²) in [5.41, 5.74) is 0. The Morgan fingerprint density at radius 1 is 1.09 bits per heavy atom. The van der Waals surface area contributed by atoms with E-state index in [9.17, 15) is 19.0 Å². The van der Waals surface area contributed by atoms with Crippen LogP contribution in [0.4, 0.5) is 0 Å². The molecule has 1 aromatic rings. The van der Waals surface area contributed by atoms with Crippen LogP contribution in [0.2, 0.25) is 0 Å². The van der Waals surface area contributed by atoms with Gasteiger partial charge in [-0.1, -0.05) is 0 Å². The maximum Gasteiger partial charge on any atom is 0.472 e. The highest BCUT2D eigenvalue weighted by Gasteiger charge is 2.27. The summed E-state index contributed by atoms with van der Waals surface area (Å²) in [6.07, 6.45) is -1.12. The highest BCUT2D eigenvalue weighted by atomic mass is 127. The normalized spacial score (nSPS) is 14.4. The fourth-order valence-electron chi connectivity index (χ4n) is 1.99. The number of hydrogen-bond donors (Lipinski definition) is 1. The molecular weight excluding hydrogens is 786 g/mol. The largest absolute Gasteiger partial charge is 0.480 e. The number of esters is 2. The Balaban J connectivity index is 2.65. The molecule has 2 atom stereocenters. The Kier molecular flexibility index (Phi) is 13.2. The van der Waals surface area contributed by atoms with Gasteiger partial charge in [-0.15, -0.1) is 0 Å². The molecule has 10 nitrogen and oxygen atoms in total. The second-order valence-electron chi connectivity index (χ2n) is 7.51. The number of benzene rings is 1. The number of rotatable bonds is 13. The van der Waals surface area contributed by atoms with Crippen molar-refractivity contribution in [3.05, 3.63) is 22.8 Å². The van der Waals surface area contributed by atoms with Crippen LogP contribution < -0.4 is 4.74 Å². The fourth-order valence-corrected chi connectivity index (χ4v) is 6.62. The summed E-state index contributed by atoms with van der Waals surface area (Å²) in [5.74, 6) is -0.812. The molecule has 14 heteroatoms. The van der Waals surface area contributed by atoms with Gasteiger partial charge in [-0.25, -0.2) is 9.36 Å². The lowest BCUT2D eigenvalue weighted by atomic mass is 10.3. The molecule has 1 rings (SSSR count). The average molecular weight is 812 g/mol. The zero-order valence-corrected chi connectivity index (χ0v) is 25.4. The fraction of sp³-hybridized carbons (Fsp3) is 0.556. The summed E-state index contributed by atoms with van der Waals surface area (Å²) in [6, 6.07) is 3.80. The van der Waals surface area contributed by atoms with E-state index in [0.717, 1.165) is 10.7 Å². The lowest BCUT2D eigenvalue weighted by Gasteiger charge is -2.24. The van der Waals surface area contributed by atoms with E-state index in [4.69, 9.17) is 23.3 Å². The molecule has 1 aromatic carbocycles. The second kappa shape index (κ2) is 13.9. The summed E-state index contributed by atoms with van der Waals surface area (Å²) < 4.78 is 40.8. The van der Waals surface area contributed by atoms with Gasteiger partial charge in [-0.3, -0.25) is 13.8 Å². The highest BCUT2D eigenvalue weighted by molar-refractivity contribution is 14.1. The van der Waals surface area contributed by atoms with Crippen LogP contribution in [0.15, 0.2) is 12.1 Å². The average Bonchev–Trinajstić information content (AvgIpc) is 2.61. The maximum absolute atomic E-state index is 12.3. The first-order chi connectivity index (χ1) is 14.7. The van der Waals surface area contributed by atoms with Crippen LogP contribution in [0.5, 0.6) is 5.75 Å². The van der Waals surface area contributed by atoms with Gasteiger partial charge in [0.05, 0.1) is 34.9 Å². The van der Waals surface area contributed by atoms with Crippen LogP contribution in [0.25, 0.3) is 0 Å². The van der Waals surface area contributed by atoms with Crippen molar-refractivity contribution in [2.75, 3.05) is 54.1 Å². The van der Waals surface area contributed by atoms with E-state index in [2.05, 4.69) is 67.8 Å². The van der Waals surface area contributed by atoms with Gasteiger partial charge >= 0.3 is 19.8 Å². The molecule has 0 radical (unpaired) electrons. The van der Waals surface area contributed by atoms with Gasteiger partial charge in [-0.05, 0) is 79.9 Å². The van der Waals surface area contributed by atoms with Crippen LogP contribution in [0.1, 0.15) is 6.92 Å². The lowest BCUT2D eigenvalue weighted by molar-refractivity contribution is -0.870. The number of hydrogen-bond acceptors (Lipinski definition) is 8. The van der Waals surface area contributed by atoms with E-state index in [0.29, 0.717) is 16.8 Å². The van der Waals surface area contributed by atoms with Crippen molar-refractivity contribution in [1.82, 2.24) is 0 Å². The number of carbonyl (C=O) groups is 2. The number of quaternary nitrogens is 1. The summed E-state index contributed by atoms with van der Waals surface area (Å²) >= 11 is 6.39. The Morgan fingerprint density at radius 2 is 1.69 bits per heavy atom. The number of halogens is 3. The molecule has 0 spiro atoms. The van der Waals surface area contributed by atoms with Crippen molar-refractivity contribution in [2.45, 2.75) is 13.0 Å². The van der Waals surface area contributed by atoms with Crippen LogP contribution >= 0.6 is 75.6 Å². The van der Waals surface area contributed by atoms with Gasteiger partial charge in [0.1, 0.15) is 25.5 Å². The molecule has 1 N–H and O–H groups in total. The minimum absolute atomic E-state index is 0.00714. The van der Waals surface area contributed by atoms with Crippen LogP contribution in [-0.2, 0) is 32.7 Å². The molecule has 0 saturated heterocycles. The number of likely N-dealkylation sites (N-methyl/N-ethyl adjacent to an activating group) is 1. The molecular formula is C18H26I3NO9P+. The number of carbonyl (C=O) groups excluding carboxylic acids is 2. The smallest absolute Gasteiger partial charge is 0.472 e. The zero-order chi connectivity index (χ0) is 24.5. The van der Waals surface area contributed by atoms with Gasteiger partial charge < -0.3 is 23.6 Å². The second-order valence-corrected chi connectivity index (χ2v) is 12.5. The van der Waals surface area contributed by atoms with Crippen molar-refractivity contribution in [3.8, 4) is 5.75 Å². The minimum atomic E-state index is -4.38. The van der Waals surface area contributed by atoms with Crippen LogP contribution in [0, 0.1) is 10.7 Å². The molecule has 0 aromatic heterocycles. The number of ether oxygens (including phenoxy) is 3. The van der Waals surface area contributed by atoms with E-state index >= 15 is 0 Å². The molecule has 0 aliphatic heterocycles. The number of nitrogens with zero attached hydrogens (tertiary/aromatic N) is 1. The van der Waals surface area contributed by atoms with Gasteiger partial charge in [-0.2, -0.15) is 0 Å². The van der Waals surface area contributed by atoms with Gasteiger partial charge in [0.25, 0.3) is 0 Å². The molecule has 0 amide bonds. The van der Waals surface area contributed by atoms with Crippen LogP contribution in [-0.4, -0.2) is 81.5 Å². The van der Waals surface area contributed by atoms with E-state index in [1.54, 1.807) is 0 Å². The van der Waals surface area contributed by atoms with Crippen LogP contribution in [0.3, 0.4) is 0 Å². The Hall–Kier alpha value is 0.220. The predicted molar refractivity (Wildman–Crippen MR) is 141 cm³/mol. The molecule has 0 saturated carbocycles. The van der Waals surface area contributed by atoms with Crippen molar-refractivity contribution < 1.29 is 46.8 Å². The van der Waals surface area contributed by atoms with Crippen molar-refractivity contribution in [1.29, 1.82) is 0 Å². The Morgan fingerprint density at radius 3 is 2.22 bits per heavy atom. The van der Waals surface area contributed by atoms with E-state index in [-0.39, 0.29) is 13.2 Å². The third kappa shape index (κ3) is 13.2. The minimum Gasteiger partial charge on any atom is -0.480 e. The Labute approximate surface area is 228 Å². The number of phosphoric acid groups is 1. The summed E-state index contributed by atoms with van der Waals surface area (Å²) in [5, 5.41) is 0. The SMILES string of the molecule is CC(=O)OC[C@H](COP(=O)(O)OCC[N+](C)(C)C)OC(=O)COc1c(I)cc(I)cc1I. The van der Waals surface area contributed by atoms with Gasteiger partial charge in [0.15, 0.2) is 12.7 Å². The van der Waals surface area contributed by atoms with E-state index < -0.39 is 39.1 Å². The standard InChI is InChI=1S/C18H25I3NO9P/c1-12(23)27-9-14(10-30-32(25,26)29-6-5-22(2,3)4)31-17(24)11-28-18-15(20)7-13(19)8-16(18)21/h7-8,14H,5-6,9-11H2,1-4H3/p+1/t14-/m1/s1. The Bertz CT molecular complexity index is 824. The molecule has 0 fully saturated rings. The first-order valence-electron chi connectivity index (χ1n) is 9.21. The molecule has 0 heterocycles. The zero-order valence-electron chi connectivity index (χ0n) is 18.0. The predicted octanol–water partition coefficient (Wildman–Crippen LogP) is 3.19. The van der Waals surface area contributed by atoms with E-state index in [1.807, 2.05) is 33.3 Å². The van der Waals surface area contributed by atoms with E-state index in [1.165, 1.54) is 6.92 Å². The quantitative estimate of drug-likeness (QED) is 0.139. The van der Waals surface area contributed by atoms with Crippen molar-refractivity contribution in [3.63, 3.8) is 0 Å². The third-order valence-electron chi connectivity index (χ3n) is 3.51. The van der Waals surface area contributed by atoms with Crippen molar-refractivity contribution >= 4 is 87.5 Å². The van der Waals surface area contributed by atoms with Gasteiger partial charge in [0, 0.05) is 10.5 Å². The lowest BCUT2D eigenvalue weighted by Crippen LogP contribution is -2.37. The first kappa shape index (κ1) is 30.3. The summed E-state index contributed by atoms with van der Waals surface area (Å²) in [7, 11) is 1.33. The molecule has 0 aliphatic rings. The highest BCUT2D eigenvalue weighted by Crippen LogP contribution is 2.43. The van der Waals surface area contributed by atoms with Crippen molar-refractivity contribution in [2.24, 2.45) is 0 Å². The summed E-state index contributed by atoms with van der Waals surface area (Å²) in [4.78, 5) is 33.2. The molecule has 32 heavy (non-hydrogen) atoms. The first-order valence-corrected chi connectivity index (χ1v) is 13.9. The molecule has 182 valence electrons. The molecule has 1 unspecified atom stereocenters. The topological polar surface area (TPSA) is 118 Å². The summed E-state index contributed by atoms with van der Waals surface area (Å²) in [6.45, 7) is 0.405. The third-order valence-corrected chi connectivity index (χ3v) is 6.72. The molecule has 0 bridgehead atoms. The monoisotopic (exact) mass is 812 g/mol. The number of phosphoric ester groups is 1. The molecule has 0 aliphatic carbocycles.